The number of hydrogen-bond acceptors (Lipinski definition) is 10. The molecule has 0 spiro atoms. The first-order valence-electron chi connectivity index (χ1n) is 12.3. The summed E-state index contributed by atoms with van der Waals surface area (Å²) < 4.78 is 12.4. The van der Waals surface area contributed by atoms with Gasteiger partial charge in [0.15, 0.2) is 11.5 Å². The van der Waals surface area contributed by atoms with Gasteiger partial charge in [-0.25, -0.2) is 0 Å². The monoisotopic (exact) mass is 556 g/mol. The Balaban J connectivity index is 1.42. The molecule has 0 amide bonds. The summed E-state index contributed by atoms with van der Waals surface area (Å²) in [5, 5.41) is 23.2. The van der Waals surface area contributed by atoms with Crippen LogP contribution in [0.2, 0.25) is 0 Å². The Morgan fingerprint density at radius 3 is 2.00 bits per heavy atom. The van der Waals surface area contributed by atoms with Crippen LogP contribution in [0.4, 0.5) is 0 Å². The number of thioether (sulfide) groups is 2. The zero-order valence-electron chi connectivity index (χ0n) is 21.8. The third kappa shape index (κ3) is 6.24. The van der Waals surface area contributed by atoms with Crippen molar-refractivity contribution in [2.45, 2.75) is 57.4 Å². The van der Waals surface area contributed by atoms with Crippen molar-refractivity contribution in [3.05, 3.63) is 53.1 Å². The molecule has 2 heterocycles. The molecule has 1 unspecified atom stereocenters. The normalized spacial score (nSPS) is 19.7. The molecular weight excluding hydrogens is 524 g/mol. The lowest BCUT2D eigenvalue weighted by atomic mass is 9.94. The number of phenolic OH excluding ortho intramolecular Hbond substituents is 2. The number of para-hydroxylation sites is 2. The first-order valence-corrected chi connectivity index (χ1v) is 14.3. The maximum Gasteiger partial charge on any atom is 0.167 e. The highest BCUT2D eigenvalue weighted by atomic mass is 32.2. The van der Waals surface area contributed by atoms with Gasteiger partial charge in [0, 0.05) is 29.1 Å². The molecule has 2 aromatic rings. The summed E-state index contributed by atoms with van der Waals surface area (Å²) in [7, 11) is 0. The van der Waals surface area contributed by atoms with Gasteiger partial charge in [-0.15, -0.1) is 23.5 Å². The molecule has 38 heavy (non-hydrogen) atoms. The van der Waals surface area contributed by atoms with Crippen LogP contribution in [0.25, 0.3) is 0 Å². The zero-order valence-corrected chi connectivity index (χ0v) is 23.5. The van der Waals surface area contributed by atoms with Crippen molar-refractivity contribution in [3.63, 3.8) is 0 Å². The quantitative estimate of drug-likeness (QED) is 0.382. The molecule has 0 saturated carbocycles. The third-order valence-corrected chi connectivity index (χ3v) is 8.57. The summed E-state index contributed by atoms with van der Waals surface area (Å²) >= 11 is 2.89. The first-order chi connectivity index (χ1) is 18.0. The number of aliphatic imine (C=N–C) groups is 2. The van der Waals surface area contributed by atoms with Crippen molar-refractivity contribution in [2.75, 3.05) is 18.1 Å². The van der Waals surface area contributed by atoms with E-state index in [2.05, 4.69) is 9.98 Å². The number of rotatable bonds is 11. The summed E-state index contributed by atoms with van der Waals surface area (Å²) in [5.74, 6) is 1.55. The van der Waals surface area contributed by atoms with Crippen LogP contribution in [0.3, 0.4) is 0 Å². The van der Waals surface area contributed by atoms with Crippen LogP contribution in [-0.2, 0) is 19.9 Å². The molecule has 0 fully saturated rings. The fourth-order valence-electron chi connectivity index (χ4n) is 4.17. The van der Waals surface area contributed by atoms with Crippen LogP contribution in [0.5, 0.6) is 17.2 Å². The number of aldehydes is 2. The van der Waals surface area contributed by atoms with E-state index in [1.807, 2.05) is 39.8 Å². The summed E-state index contributed by atoms with van der Waals surface area (Å²) in [5.41, 5.74) is 0.284. The van der Waals surface area contributed by atoms with Gasteiger partial charge in [-0.05, 0) is 45.9 Å². The average Bonchev–Trinajstić information content (AvgIpc) is 3.55. The van der Waals surface area contributed by atoms with E-state index in [1.54, 1.807) is 24.3 Å². The molecule has 0 saturated heterocycles. The van der Waals surface area contributed by atoms with Crippen LogP contribution in [0, 0.1) is 0 Å². The van der Waals surface area contributed by atoms with Gasteiger partial charge in [0.05, 0.1) is 17.8 Å². The number of carbonyl (C=O) groups excluding carboxylic acids is 2. The van der Waals surface area contributed by atoms with Crippen molar-refractivity contribution in [2.24, 2.45) is 9.98 Å². The van der Waals surface area contributed by atoms with Crippen molar-refractivity contribution in [3.8, 4) is 17.2 Å². The van der Waals surface area contributed by atoms with Crippen molar-refractivity contribution < 1.29 is 29.3 Å². The Bertz CT molecular complexity index is 1270. The Kier molecular flexibility index (Phi) is 8.54. The van der Waals surface area contributed by atoms with Gasteiger partial charge in [-0.2, -0.15) is 0 Å². The smallest absolute Gasteiger partial charge is 0.167 e. The summed E-state index contributed by atoms with van der Waals surface area (Å²) in [6.45, 7) is 7.93. The van der Waals surface area contributed by atoms with Crippen molar-refractivity contribution in [1.29, 1.82) is 0 Å². The van der Waals surface area contributed by atoms with E-state index in [9.17, 15) is 19.8 Å². The molecule has 2 aliphatic rings. The van der Waals surface area contributed by atoms with Gasteiger partial charge in [0.1, 0.15) is 46.1 Å². The van der Waals surface area contributed by atoms with Crippen LogP contribution >= 0.6 is 23.5 Å². The lowest BCUT2D eigenvalue weighted by Gasteiger charge is -2.31. The predicted octanol–water partition coefficient (Wildman–Crippen LogP) is 4.72. The molecule has 10 heteroatoms. The second-order valence-corrected chi connectivity index (χ2v) is 12.2. The van der Waals surface area contributed by atoms with E-state index in [-0.39, 0.29) is 17.5 Å². The molecule has 0 aliphatic carbocycles. The SMILES string of the molecule is CC(C)(CCOC(C)(C)c1cccc(C2=NC(C=O)CS2)c1O)Oc1cccc(C2=N[C@@H](C=O)CS2)c1O. The predicted molar refractivity (Wildman–Crippen MR) is 152 cm³/mol. The standard InChI is InChI=1S/C28H32N2O6S2/c1-27(2,36-22-10-6-8-20(24(22)34)26-30-18(14-32)16-38-26)11-12-35-28(3,4)21-9-5-7-19(23(21)33)25-29-17(13-31)15-37-25/h5-10,13-14,17-18,33-34H,11-12,15-16H2,1-4H3/t17?,18-/m0/s1. The molecule has 202 valence electrons. The highest BCUT2D eigenvalue weighted by Gasteiger charge is 2.31. The van der Waals surface area contributed by atoms with Gasteiger partial charge < -0.3 is 29.3 Å². The van der Waals surface area contributed by atoms with E-state index >= 15 is 0 Å². The van der Waals surface area contributed by atoms with E-state index < -0.39 is 17.2 Å². The Morgan fingerprint density at radius 1 is 0.895 bits per heavy atom. The molecule has 4 rings (SSSR count). The van der Waals surface area contributed by atoms with E-state index in [1.165, 1.54) is 23.5 Å². The van der Waals surface area contributed by atoms with Crippen molar-refractivity contribution in [1.82, 2.24) is 0 Å². The molecule has 8 nitrogen and oxygen atoms in total. The Morgan fingerprint density at radius 2 is 1.45 bits per heavy atom. The van der Waals surface area contributed by atoms with Gasteiger partial charge in [-0.1, -0.05) is 18.2 Å². The maximum atomic E-state index is 11.1. The molecule has 2 aliphatic heterocycles. The van der Waals surface area contributed by atoms with Gasteiger partial charge in [0.2, 0.25) is 0 Å². The molecule has 2 atom stereocenters. The van der Waals surface area contributed by atoms with E-state index in [4.69, 9.17) is 9.47 Å². The summed E-state index contributed by atoms with van der Waals surface area (Å²) in [6.07, 6.45) is 2.13. The minimum Gasteiger partial charge on any atom is -0.507 e. The molecule has 0 aromatic heterocycles. The Hall–Kier alpha value is -2.82. The lowest BCUT2D eigenvalue weighted by molar-refractivity contribution is -0.109. The second-order valence-electron chi connectivity index (χ2n) is 10.2. The van der Waals surface area contributed by atoms with Gasteiger partial charge >= 0.3 is 0 Å². The number of hydrogen-bond donors (Lipinski definition) is 2. The van der Waals surface area contributed by atoms with E-state index in [0.29, 0.717) is 57.1 Å². The number of benzene rings is 2. The van der Waals surface area contributed by atoms with Crippen LogP contribution in [-0.4, -0.2) is 68.7 Å². The zero-order chi connectivity index (χ0) is 27.5. The van der Waals surface area contributed by atoms with Crippen LogP contribution < -0.4 is 4.74 Å². The molecular formula is C28H32N2O6S2. The average molecular weight is 557 g/mol. The van der Waals surface area contributed by atoms with Gasteiger partial charge in [0.25, 0.3) is 0 Å². The largest absolute Gasteiger partial charge is 0.507 e. The van der Waals surface area contributed by atoms with E-state index in [0.717, 1.165) is 12.6 Å². The Labute approximate surface area is 230 Å². The number of ether oxygens (including phenoxy) is 2. The third-order valence-electron chi connectivity index (χ3n) is 6.36. The molecule has 2 N–H and O–H groups in total. The van der Waals surface area contributed by atoms with Crippen molar-refractivity contribution >= 4 is 46.2 Å². The fraction of sp³-hybridized carbons (Fsp3) is 0.429. The maximum absolute atomic E-state index is 11.1. The second kappa shape index (κ2) is 11.5. The fourth-order valence-corrected chi connectivity index (χ4v) is 6.19. The molecule has 2 aromatic carbocycles. The highest BCUT2D eigenvalue weighted by molar-refractivity contribution is 8.15. The molecule has 0 bridgehead atoms. The topological polar surface area (TPSA) is 118 Å². The number of carbonyl (C=O) groups is 2. The lowest BCUT2D eigenvalue weighted by Crippen LogP contribution is -2.32. The van der Waals surface area contributed by atoms with Crippen LogP contribution in [0.15, 0.2) is 46.4 Å². The van der Waals surface area contributed by atoms with Crippen LogP contribution in [0.1, 0.15) is 50.8 Å². The number of phenols is 2. The number of aromatic hydroxyl groups is 2. The molecule has 0 radical (unpaired) electrons. The minimum absolute atomic E-state index is 0.00845. The first kappa shape index (κ1) is 28.2. The van der Waals surface area contributed by atoms with Gasteiger partial charge in [-0.3, -0.25) is 9.98 Å². The minimum atomic E-state index is -0.806. The highest BCUT2D eigenvalue weighted by Crippen LogP contribution is 2.39. The summed E-state index contributed by atoms with van der Waals surface area (Å²) in [6, 6.07) is 9.93. The summed E-state index contributed by atoms with van der Waals surface area (Å²) in [4.78, 5) is 30.9. The number of nitrogens with zero attached hydrogens (tertiary/aromatic N) is 2.